The lowest BCUT2D eigenvalue weighted by Gasteiger charge is -2.21. The third kappa shape index (κ3) is 9.87. The molecule has 0 heterocycles. The third-order valence-electron chi connectivity index (χ3n) is 2.00. The van der Waals surface area contributed by atoms with E-state index in [0.29, 0.717) is 18.8 Å². The molecule has 0 spiro atoms. The highest BCUT2D eigenvalue weighted by atomic mass is 16.6. The summed E-state index contributed by atoms with van der Waals surface area (Å²) in [7, 11) is 0. The zero-order valence-corrected chi connectivity index (χ0v) is 11.9. The van der Waals surface area contributed by atoms with Crippen molar-refractivity contribution in [2.75, 3.05) is 6.54 Å². The first-order chi connectivity index (χ1) is 8.61. The van der Waals surface area contributed by atoms with Crippen LogP contribution in [0.25, 0.3) is 0 Å². The van der Waals surface area contributed by atoms with Crippen LogP contribution in [0.15, 0.2) is 4.99 Å². The maximum Gasteiger partial charge on any atom is 0.408 e. The van der Waals surface area contributed by atoms with E-state index in [2.05, 4.69) is 10.3 Å². The van der Waals surface area contributed by atoms with Gasteiger partial charge in [0.15, 0.2) is 0 Å². The number of alkyl carbamates (subject to hydrolysis) is 1. The number of carboxylic acid groups (broad SMARTS) is 1. The third-order valence-corrected chi connectivity index (χ3v) is 2.00. The van der Waals surface area contributed by atoms with Crippen molar-refractivity contribution >= 4 is 17.9 Å². The minimum absolute atomic E-state index is 0.269. The summed E-state index contributed by atoms with van der Waals surface area (Å²) in [4.78, 5) is 26.4. The van der Waals surface area contributed by atoms with Gasteiger partial charge >= 0.3 is 12.1 Å². The number of amides is 1. The molecule has 7 nitrogen and oxygen atoms in total. The highest BCUT2D eigenvalue weighted by Gasteiger charge is 2.23. The average molecular weight is 273 g/mol. The minimum Gasteiger partial charge on any atom is -0.480 e. The van der Waals surface area contributed by atoms with Crippen LogP contribution >= 0.6 is 0 Å². The van der Waals surface area contributed by atoms with Crippen molar-refractivity contribution in [1.29, 1.82) is 0 Å². The molecule has 1 amide bonds. The Hall–Kier alpha value is -1.79. The standard InChI is InChI=1S/C12H23N3O4/c1-8(13)14-7-5-6-9(10(16)17)15-11(18)19-12(2,3)4/h9H,5-7H2,1-4H3,(H2,13,14)(H,15,18)(H,16,17)/t9-/m0/s1. The van der Waals surface area contributed by atoms with E-state index in [1.54, 1.807) is 27.7 Å². The molecule has 1 atom stereocenters. The van der Waals surface area contributed by atoms with Crippen LogP contribution in [0.5, 0.6) is 0 Å². The lowest BCUT2D eigenvalue weighted by Crippen LogP contribution is -2.43. The van der Waals surface area contributed by atoms with E-state index >= 15 is 0 Å². The monoisotopic (exact) mass is 273 g/mol. The van der Waals surface area contributed by atoms with Crippen molar-refractivity contribution in [3.63, 3.8) is 0 Å². The summed E-state index contributed by atoms with van der Waals surface area (Å²) < 4.78 is 5.00. The summed E-state index contributed by atoms with van der Waals surface area (Å²) in [5.74, 6) is -0.647. The summed E-state index contributed by atoms with van der Waals surface area (Å²) in [6, 6.07) is -0.983. The number of rotatable bonds is 6. The number of carboxylic acids is 1. The quantitative estimate of drug-likeness (QED) is 0.381. The molecule has 0 aliphatic heterocycles. The molecular weight excluding hydrogens is 250 g/mol. The molecule has 0 rings (SSSR count). The van der Waals surface area contributed by atoms with E-state index < -0.39 is 23.7 Å². The van der Waals surface area contributed by atoms with Gasteiger partial charge in [0.05, 0.1) is 5.84 Å². The first kappa shape index (κ1) is 17.2. The molecule has 7 heteroatoms. The Morgan fingerprint density at radius 3 is 2.42 bits per heavy atom. The van der Waals surface area contributed by atoms with Gasteiger partial charge in [-0.1, -0.05) is 0 Å². The van der Waals surface area contributed by atoms with E-state index in [1.165, 1.54) is 0 Å². The van der Waals surface area contributed by atoms with Gasteiger partial charge in [0.1, 0.15) is 11.6 Å². The fourth-order valence-corrected chi connectivity index (χ4v) is 1.26. The predicted octanol–water partition coefficient (Wildman–Crippen LogP) is 1.12. The lowest BCUT2D eigenvalue weighted by atomic mass is 10.1. The Kier molecular flexibility index (Phi) is 6.89. The van der Waals surface area contributed by atoms with Crippen molar-refractivity contribution in [1.82, 2.24) is 5.32 Å². The van der Waals surface area contributed by atoms with Crippen LogP contribution in [0.3, 0.4) is 0 Å². The van der Waals surface area contributed by atoms with Gasteiger partial charge in [0.2, 0.25) is 0 Å². The van der Waals surface area contributed by atoms with Gasteiger partial charge in [-0.2, -0.15) is 0 Å². The smallest absolute Gasteiger partial charge is 0.408 e. The normalized spacial score (nSPS) is 13.8. The molecular formula is C12H23N3O4. The van der Waals surface area contributed by atoms with E-state index in [9.17, 15) is 9.59 Å². The predicted molar refractivity (Wildman–Crippen MR) is 72.2 cm³/mol. The summed E-state index contributed by atoms with van der Waals surface area (Å²) in [6.45, 7) is 7.22. The lowest BCUT2D eigenvalue weighted by molar-refractivity contribution is -0.139. The first-order valence-electron chi connectivity index (χ1n) is 6.10. The second kappa shape index (κ2) is 7.60. The number of nitrogens with two attached hydrogens (primary N) is 1. The largest absolute Gasteiger partial charge is 0.480 e. The molecule has 0 unspecified atom stereocenters. The molecule has 4 N–H and O–H groups in total. The molecule has 110 valence electrons. The van der Waals surface area contributed by atoms with Gasteiger partial charge < -0.3 is 20.9 Å². The van der Waals surface area contributed by atoms with Gasteiger partial charge in [-0.15, -0.1) is 0 Å². The Labute approximate surface area is 113 Å². The number of ether oxygens (including phenoxy) is 1. The Morgan fingerprint density at radius 1 is 1.42 bits per heavy atom. The van der Waals surface area contributed by atoms with Crippen molar-refractivity contribution in [2.24, 2.45) is 10.7 Å². The Bertz CT molecular complexity index is 343. The van der Waals surface area contributed by atoms with Crippen molar-refractivity contribution in [3.8, 4) is 0 Å². The summed E-state index contributed by atoms with van der Waals surface area (Å²) in [6.07, 6.45) is 0.0468. The van der Waals surface area contributed by atoms with Gasteiger partial charge in [0.25, 0.3) is 0 Å². The van der Waals surface area contributed by atoms with Crippen LogP contribution in [0, 0.1) is 0 Å². The molecule has 0 aliphatic rings. The number of carbonyl (C=O) groups is 2. The molecule has 0 aliphatic carbocycles. The van der Waals surface area contributed by atoms with E-state index in [4.69, 9.17) is 15.6 Å². The van der Waals surface area contributed by atoms with Crippen molar-refractivity contribution in [3.05, 3.63) is 0 Å². The zero-order chi connectivity index (χ0) is 15.1. The highest BCUT2D eigenvalue weighted by Crippen LogP contribution is 2.07. The van der Waals surface area contributed by atoms with Gasteiger partial charge in [-0.05, 0) is 40.5 Å². The van der Waals surface area contributed by atoms with Crippen LogP contribution < -0.4 is 11.1 Å². The molecule has 0 fully saturated rings. The molecule has 0 saturated carbocycles. The fourth-order valence-electron chi connectivity index (χ4n) is 1.26. The Balaban J connectivity index is 4.23. The number of nitrogens with one attached hydrogen (secondary N) is 1. The van der Waals surface area contributed by atoms with Crippen molar-refractivity contribution in [2.45, 2.75) is 52.2 Å². The number of amidine groups is 1. The highest BCUT2D eigenvalue weighted by molar-refractivity contribution is 5.80. The van der Waals surface area contributed by atoms with Crippen LogP contribution in [0.2, 0.25) is 0 Å². The van der Waals surface area contributed by atoms with Crippen molar-refractivity contribution < 1.29 is 19.4 Å². The number of hydrogen-bond donors (Lipinski definition) is 3. The second-order valence-corrected chi connectivity index (χ2v) is 5.20. The van der Waals surface area contributed by atoms with Crippen LogP contribution in [0.4, 0.5) is 4.79 Å². The second-order valence-electron chi connectivity index (χ2n) is 5.20. The maximum absolute atomic E-state index is 11.5. The number of carbonyl (C=O) groups excluding carboxylic acids is 1. The molecule has 0 aromatic heterocycles. The number of hydrogen-bond acceptors (Lipinski definition) is 4. The molecule has 0 aromatic carbocycles. The summed E-state index contributed by atoms with van der Waals surface area (Å²) >= 11 is 0. The van der Waals surface area contributed by atoms with Crippen LogP contribution in [-0.4, -0.2) is 41.2 Å². The first-order valence-corrected chi connectivity index (χ1v) is 6.10. The number of nitrogens with zero attached hydrogens (tertiary/aromatic N) is 1. The van der Waals surface area contributed by atoms with E-state index in [1.807, 2.05) is 0 Å². The molecule has 0 saturated heterocycles. The number of aliphatic carboxylic acids is 1. The SMILES string of the molecule is CC(N)=NCCC[C@H](NC(=O)OC(C)(C)C)C(=O)O. The molecule has 19 heavy (non-hydrogen) atoms. The Morgan fingerprint density at radius 2 is 2.00 bits per heavy atom. The van der Waals surface area contributed by atoms with Crippen LogP contribution in [-0.2, 0) is 9.53 Å². The molecule has 0 radical (unpaired) electrons. The van der Waals surface area contributed by atoms with E-state index in [0.717, 1.165) is 0 Å². The summed E-state index contributed by atoms with van der Waals surface area (Å²) in [5, 5.41) is 11.3. The number of aliphatic imine (C=N–C) groups is 1. The fraction of sp³-hybridized carbons (Fsp3) is 0.750. The topological polar surface area (TPSA) is 114 Å². The maximum atomic E-state index is 11.5. The van der Waals surface area contributed by atoms with Gasteiger partial charge in [-0.25, -0.2) is 9.59 Å². The zero-order valence-electron chi connectivity index (χ0n) is 11.9. The molecule has 0 aromatic rings. The van der Waals surface area contributed by atoms with E-state index in [-0.39, 0.29) is 6.42 Å². The summed E-state index contributed by atoms with van der Waals surface area (Å²) in [5.41, 5.74) is 4.70. The van der Waals surface area contributed by atoms with Gasteiger partial charge in [-0.3, -0.25) is 4.99 Å². The minimum atomic E-state index is -1.10. The molecule has 0 bridgehead atoms. The van der Waals surface area contributed by atoms with Crippen LogP contribution in [0.1, 0.15) is 40.5 Å². The van der Waals surface area contributed by atoms with Gasteiger partial charge in [0, 0.05) is 6.54 Å². The average Bonchev–Trinajstić information content (AvgIpc) is 2.19.